The van der Waals surface area contributed by atoms with Crippen LogP contribution in [0.3, 0.4) is 0 Å². The van der Waals surface area contributed by atoms with Crippen LogP contribution < -0.4 is 0 Å². The first-order chi connectivity index (χ1) is 13.6. The second-order valence-corrected chi connectivity index (χ2v) is 7.88. The molecule has 1 unspecified atom stereocenters. The van der Waals surface area contributed by atoms with Crippen molar-refractivity contribution in [2.75, 3.05) is 0 Å². The summed E-state index contributed by atoms with van der Waals surface area (Å²) in [6.07, 6.45) is 3.57. The van der Waals surface area contributed by atoms with Crippen LogP contribution in [0.5, 0.6) is 0 Å². The van der Waals surface area contributed by atoms with E-state index >= 15 is 0 Å². The lowest BCUT2D eigenvalue weighted by Gasteiger charge is -2.19. The molecule has 142 valence electrons. The number of fused-ring (bicyclic) bond motifs is 1. The van der Waals surface area contributed by atoms with Gasteiger partial charge in [-0.25, -0.2) is 4.98 Å². The Labute approximate surface area is 173 Å². The molecule has 0 radical (unpaired) electrons. The Hall–Kier alpha value is -2.50. The minimum atomic E-state index is 0.152. The Bertz CT molecular complexity index is 1070. The minimum absolute atomic E-state index is 0.152. The van der Waals surface area contributed by atoms with E-state index in [0.29, 0.717) is 13.2 Å². The second-order valence-electron chi connectivity index (χ2n) is 6.97. The largest absolute Gasteiger partial charge is 0.369 e. The SMILES string of the molecule is Cc1ccc(C(C)n2c(COCc3ccncc3)nc3ccc(Br)cc32)cc1. The molecule has 4 nitrogen and oxygen atoms in total. The van der Waals surface area contributed by atoms with Crippen molar-refractivity contribution in [3.8, 4) is 0 Å². The number of imidazole rings is 1. The molecule has 4 aromatic rings. The fourth-order valence-corrected chi connectivity index (χ4v) is 3.73. The van der Waals surface area contributed by atoms with E-state index in [1.165, 1.54) is 11.1 Å². The van der Waals surface area contributed by atoms with E-state index < -0.39 is 0 Å². The number of ether oxygens (including phenoxy) is 1. The molecule has 5 heteroatoms. The van der Waals surface area contributed by atoms with Gasteiger partial charge in [-0.1, -0.05) is 45.8 Å². The molecule has 28 heavy (non-hydrogen) atoms. The fourth-order valence-electron chi connectivity index (χ4n) is 3.38. The number of nitrogens with zero attached hydrogens (tertiary/aromatic N) is 3. The Morgan fingerprint density at radius 2 is 1.75 bits per heavy atom. The van der Waals surface area contributed by atoms with Crippen LogP contribution in [0.4, 0.5) is 0 Å². The number of hydrogen-bond donors (Lipinski definition) is 0. The van der Waals surface area contributed by atoms with Gasteiger partial charge in [0.15, 0.2) is 0 Å². The maximum Gasteiger partial charge on any atom is 0.136 e. The quantitative estimate of drug-likeness (QED) is 0.382. The van der Waals surface area contributed by atoms with Crippen molar-refractivity contribution in [1.82, 2.24) is 14.5 Å². The predicted molar refractivity (Wildman–Crippen MR) is 115 cm³/mol. The van der Waals surface area contributed by atoms with E-state index in [0.717, 1.165) is 26.9 Å². The Kier molecular flexibility index (Phi) is 5.55. The van der Waals surface area contributed by atoms with Gasteiger partial charge in [0, 0.05) is 16.9 Å². The molecule has 0 aliphatic carbocycles. The highest BCUT2D eigenvalue weighted by molar-refractivity contribution is 9.10. The maximum absolute atomic E-state index is 5.99. The molecule has 0 fully saturated rings. The standard InChI is InChI=1S/C23H22BrN3O/c1-16-3-5-19(6-4-16)17(2)27-22-13-20(24)7-8-21(22)26-23(27)15-28-14-18-9-11-25-12-10-18/h3-13,17H,14-15H2,1-2H3. The van der Waals surface area contributed by atoms with E-state index in [2.05, 4.69) is 69.7 Å². The number of hydrogen-bond acceptors (Lipinski definition) is 3. The molecule has 0 N–H and O–H groups in total. The van der Waals surface area contributed by atoms with Gasteiger partial charge < -0.3 is 9.30 Å². The van der Waals surface area contributed by atoms with Crippen LogP contribution in [0.15, 0.2) is 71.5 Å². The minimum Gasteiger partial charge on any atom is -0.369 e. The first-order valence-electron chi connectivity index (χ1n) is 9.31. The fraction of sp³-hybridized carbons (Fsp3) is 0.217. The van der Waals surface area contributed by atoms with Crippen LogP contribution in [-0.2, 0) is 18.0 Å². The average molecular weight is 436 g/mol. The highest BCUT2D eigenvalue weighted by atomic mass is 79.9. The zero-order chi connectivity index (χ0) is 19.5. The molecule has 2 aromatic heterocycles. The van der Waals surface area contributed by atoms with Crippen molar-refractivity contribution in [2.24, 2.45) is 0 Å². The summed E-state index contributed by atoms with van der Waals surface area (Å²) in [4.78, 5) is 8.90. The van der Waals surface area contributed by atoms with Crippen LogP contribution in [0.1, 0.15) is 35.5 Å². The van der Waals surface area contributed by atoms with Crippen LogP contribution >= 0.6 is 15.9 Å². The molecule has 4 rings (SSSR count). The summed E-state index contributed by atoms with van der Waals surface area (Å²) in [6.45, 7) is 5.30. The molecule has 2 aromatic carbocycles. The Morgan fingerprint density at radius 1 is 1.00 bits per heavy atom. The third kappa shape index (κ3) is 4.01. The highest BCUT2D eigenvalue weighted by Gasteiger charge is 2.18. The number of pyridine rings is 1. The summed E-state index contributed by atoms with van der Waals surface area (Å²) in [5, 5.41) is 0. The van der Waals surface area contributed by atoms with Gasteiger partial charge in [0.05, 0.1) is 23.7 Å². The van der Waals surface area contributed by atoms with E-state index in [1.54, 1.807) is 12.4 Å². The first kappa shape index (κ1) is 18.8. The molecule has 0 saturated heterocycles. The van der Waals surface area contributed by atoms with Gasteiger partial charge in [0.2, 0.25) is 0 Å². The molecule has 0 bridgehead atoms. The average Bonchev–Trinajstić information content (AvgIpc) is 3.06. The molecule has 2 heterocycles. The molecule has 0 amide bonds. The summed E-state index contributed by atoms with van der Waals surface area (Å²) in [6, 6.07) is 19.0. The summed E-state index contributed by atoms with van der Waals surface area (Å²) >= 11 is 3.60. The molecular weight excluding hydrogens is 414 g/mol. The Morgan fingerprint density at radius 3 is 2.50 bits per heavy atom. The van der Waals surface area contributed by atoms with Gasteiger partial charge in [0.25, 0.3) is 0 Å². The van der Waals surface area contributed by atoms with Crippen molar-refractivity contribution in [3.63, 3.8) is 0 Å². The van der Waals surface area contributed by atoms with Gasteiger partial charge in [0.1, 0.15) is 12.4 Å². The summed E-state index contributed by atoms with van der Waals surface area (Å²) < 4.78 is 9.31. The molecule has 0 spiro atoms. The summed E-state index contributed by atoms with van der Waals surface area (Å²) in [7, 11) is 0. The highest BCUT2D eigenvalue weighted by Crippen LogP contribution is 2.28. The van der Waals surface area contributed by atoms with Crippen molar-refractivity contribution >= 4 is 27.0 Å². The third-order valence-electron chi connectivity index (χ3n) is 4.92. The maximum atomic E-state index is 5.99. The third-order valence-corrected chi connectivity index (χ3v) is 5.41. The van der Waals surface area contributed by atoms with E-state index in [9.17, 15) is 0 Å². The molecule has 0 saturated carbocycles. The van der Waals surface area contributed by atoms with Gasteiger partial charge in [-0.15, -0.1) is 0 Å². The molecular formula is C23H22BrN3O. The summed E-state index contributed by atoms with van der Waals surface area (Å²) in [5.74, 6) is 0.926. The van der Waals surface area contributed by atoms with Crippen molar-refractivity contribution in [1.29, 1.82) is 0 Å². The number of rotatable bonds is 6. The molecule has 1 atom stereocenters. The van der Waals surface area contributed by atoms with Gasteiger partial charge >= 0.3 is 0 Å². The lowest BCUT2D eigenvalue weighted by molar-refractivity contribution is 0.0991. The topological polar surface area (TPSA) is 39.9 Å². The van der Waals surface area contributed by atoms with Crippen LogP contribution in [0.2, 0.25) is 0 Å². The molecule has 0 aliphatic heterocycles. The number of aryl methyl sites for hydroxylation is 1. The zero-order valence-electron chi connectivity index (χ0n) is 16.0. The van der Waals surface area contributed by atoms with Gasteiger partial charge in [-0.05, 0) is 55.3 Å². The van der Waals surface area contributed by atoms with Gasteiger partial charge in [-0.2, -0.15) is 0 Å². The number of benzene rings is 2. The normalized spacial score (nSPS) is 12.4. The second kappa shape index (κ2) is 8.25. The predicted octanol–water partition coefficient (Wildman–Crippen LogP) is 5.83. The van der Waals surface area contributed by atoms with E-state index in [-0.39, 0.29) is 6.04 Å². The van der Waals surface area contributed by atoms with Crippen molar-refractivity contribution < 1.29 is 4.74 Å². The Balaban J connectivity index is 1.67. The van der Waals surface area contributed by atoms with Crippen LogP contribution in [-0.4, -0.2) is 14.5 Å². The van der Waals surface area contributed by atoms with Crippen molar-refractivity contribution in [3.05, 3.63) is 94.0 Å². The van der Waals surface area contributed by atoms with E-state index in [4.69, 9.17) is 9.72 Å². The number of halogens is 1. The van der Waals surface area contributed by atoms with Crippen LogP contribution in [0, 0.1) is 6.92 Å². The lowest BCUT2D eigenvalue weighted by atomic mass is 10.1. The smallest absolute Gasteiger partial charge is 0.136 e. The van der Waals surface area contributed by atoms with Crippen LogP contribution in [0.25, 0.3) is 11.0 Å². The lowest BCUT2D eigenvalue weighted by Crippen LogP contribution is -2.12. The summed E-state index contributed by atoms with van der Waals surface area (Å²) in [5.41, 5.74) is 5.69. The first-order valence-corrected chi connectivity index (χ1v) is 10.1. The number of aromatic nitrogens is 3. The zero-order valence-corrected chi connectivity index (χ0v) is 17.6. The molecule has 0 aliphatic rings. The van der Waals surface area contributed by atoms with Gasteiger partial charge in [-0.3, -0.25) is 4.98 Å². The van der Waals surface area contributed by atoms with Crippen molar-refractivity contribution in [2.45, 2.75) is 33.1 Å². The monoisotopic (exact) mass is 435 g/mol. The van der Waals surface area contributed by atoms with E-state index in [1.807, 2.05) is 24.3 Å².